The van der Waals surface area contributed by atoms with Gasteiger partial charge in [0.15, 0.2) is 0 Å². The number of carbonyl (C=O) groups is 1. The van der Waals surface area contributed by atoms with E-state index < -0.39 is 5.97 Å². The highest BCUT2D eigenvalue weighted by Crippen LogP contribution is 2.23. The van der Waals surface area contributed by atoms with Gasteiger partial charge in [-0.05, 0) is 34.7 Å². The summed E-state index contributed by atoms with van der Waals surface area (Å²) in [6.45, 7) is 0. The third-order valence-electron chi connectivity index (χ3n) is 1.58. The highest BCUT2D eigenvalue weighted by molar-refractivity contribution is 14.1. The molecule has 4 N–H and O–H groups in total. The normalized spacial score (nSPS) is 9.69. The van der Waals surface area contributed by atoms with Crippen LogP contribution >= 0.6 is 22.6 Å². The number of nitrogen functional groups attached to an aromatic ring is 2. The van der Waals surface area contributed by atoms with Crippen molar-refractivity contribution in [3.05, 3.63) is 21.3 Å². The lowest BCUT2D eigenvalue weighted by molar-refractivity contribution is 0.0602. The van der Waals surface area contributed by atoms with Gasteiger partial charge in [-0.3, -0.25) is 0 Å². The summed E-state index contributed by atoms with van der Waals surface area (Å²) in [5, 5.41) is 0. The van der Waals surface area contributed by atoms with Gasteiger partial charge in [0.25, 0.3) is 0 Å². The molecule has 0 aliphatic carbocycles. The van der Waals surface area contributed by atoms with Crippen molar-refractivity contribution in [1.82, 2.24) is 0 Å². The van der Waals surface area contributed by atoms with Crippen molar-refractivity contribution >= 4 is 39.9 Å². The lowest BCUT2D eigenvalue weighted by atomic mass is 10.1. The Balaban J connectivity index is 3.28. The van der Waals surface area contributed by atoms with E-state index in [-0.39, 0.29) is 5.69 Å². The topological polar surface area (TPSA) is 78.3 Å². The molecule has 13 heavy (non-hydrogen) atoms. The van der Waals surface area contributed by atoms with Crippen LogP contribution in [-0.4, -0.2) is 13.1 Å². The van der Waals surface area contributed by atoms with Gasteiger partial charge in [0.2, 0.25) is 0 Å². The molecule has 0 amide bonds. The summed E-state index contributed by atoms with van der Waals surface area (Å²) in [7, 11) is 1.30. The Morgan fingerprint density at radius 1 is 1.46 bits per heavy atom. The first-order chi connectivity index (χ1) is 6.06. The van der Waals surface area contributed by atoms with Gasteiger partial charge in [0, 0.05) is 3.57 Å². The molecule has 0 radical (unpaired) electrons. The van der Waals surface area contributed by atoms with E-state index in [9.17, 15) is 4.79 Å². The summed E-state index contributed by atoms with van der Waals surface area (Å²) < 4.78 is 5.40. The second-order valence-electron chi connectivity index (χ2n) is 2.45. The molecule has 0 spiro atoms. The van der Waals surface area contributed by atoms with Gasteiger partial charge in [0.05, 0.1) is 24.0 Å². The number of halogens is 1. The van der Waals surface area contributed by atoms with Crippen LogP contribution in [0.25, 0.3) is 0 Å². The average Bonchev–Trinajstić information content (AvgIpc) is 2.10. The molecule has 5 heteroatoms. The molecule has 0 aromatic heterocycles. The van der Waals surface area contributed by atoms with Gasteiger partial charge in [-0.1, -0.05) is 0 Å². The van der Waals surface area contributed by atoms with Crippen LogP contribution in [0, 0.1) is 3.57 Å². The maximum Gasteiger partial charge on any atom is 0.340 e. The number of benzene rings is 1. The first kappa shape index (κ1) is 10.1. The standard InChI is InChI=1S/C8H9IN2O2/c1-13-8(12)5-2-4(9)3-6(10)7(5)11/h2-3H,10-11H2,1H3. The first-order valence-corrected chi connectivity index (χ1v) is 4.57. The number of nitrogens with two attached hydrogens (primary N) is 2. The fourth-order valence-electron chi connectivity index (χ4n) is 0.918. The van der Waals surface area contributed by atoms with Crippen molar-refractivity contribution < 1.29 is 9.53 Å². The van der Waals surface area contributed by atoms with Gasteiger partial charge < -0.3 is 16.2 Å². The zero-order valence-electron chi connectivity index (χ0n) is 7.00. The third-order valence-corrected chi connectivity index (χ3v) is 2.20. The van der Waals surface area contributed by atoms with Gasteiger partial charge in [-0.15, -0.1) is 0 Å². The molecule has 1 rings (SSSR count). The molecule has 0 unspecified atom stereocenters. The van der Waals surface area contributed by atoms with E-state index in [2.05, 4.69) is 27.3 Å². The number of hydrogen-bond acceptors (Lipinski definition) is 4. The third kappa shape index (κ3) is 2.03. The maximum absolute atomic E-state index is 11.2. The molecule has 0 heterocycles. The number of methoxy groups -OCH3 is 1. The molecule has 0 fully saturated rings. The molecule has 0 saturated carbocycles. The fraction of sp³-hybridized carbons (Fsp3) is 0.125. The minimum absolute atomic E-state index is 0.271. The quantitative estimate of drug-likeness (QED) is 0.464. The zero-order valence-corrected chi connectivity index (χ0v) is 9.16. The van der Waals surface area contributed by atoms with E-state index in [1.807, 2.05) is 0 Å². The summed E-state index contributed by atoms with van der Waals surface area (Å²) in [6, 6.07) is 3.33. The van der Waals surface area contributed by atoms with Crippen molar-refractivity contribution in [2.45, 2.75) is 0 Å². The average molecular weight is 292 g/mol. The van der Waals surface area contributed by atoms with Crippen molar-refractivity contribution in [1.29, 1.82) is 0 Å². The Bertz CT molecular complexity index is 352. The van der Waals surface area contributed by atoms with E-state index in [1.54, 1.807) is 12.1 Å². The number of ether oxygens (including phenoxy) is 1. The molecule has 0 atom stereocenters. The van der Waals surface area contributed by atoms with Crippen LogP contribution in [0.1, 0.15) is 10.4 Å². The van der Waals surface area contributed by atoms with E-state index in [1.165, 1.54) is 7.11 Å². The summed E-state index contributed by atoms with van der Waals surface area (Å²) in [4.78, 5) is 11.2. The molecular formula is C8H9IN2O2. The smallest absolute Gasteiger partial charge is 0.340 e. The number of hydrogen-bond donors (Lipinski definition) is 2. The van der Waals surface area contributed by atoms with Crippen molar-refractivity contribution in [2.75, 3.05) is 18.6 Å². The second-order valence-corrected chi connectivity index (χ2v) is 3.69. The van der Waals surface area contributed by atoms with Crippen molar-refractivity contribution in [3.63, 3.8) is 0 Å². The number of carbonyl (C=O) groups excluding carboxylic acids is 1. The van der Waals surface area contributed by atoms with Crippen LogP contribution in [0.2, 0.25) is 0 Å². The monoisotopic (exact) mass is 292 g/mol. The summed E-state index contributed by atoms with van der Waals surface area (Å²) in [6.07, 6.45) is 0. The Morgan fingerprint density at radius 3 is 2.62 bits per heavy atom. The molecule has 4 nitrogen and oxygen atoms in total. The summed E-state index contributed by atoms with van der Waals surface area (Å²) >= 11 is 2.05. The predicted molar refractivity (Wildman–Crippen MR) is 59.3 cm³/mol. The number of anilines is 2. The Morgan fingerprint density at radius 2 is 2.08 bits per heavy atom. The molecular weight excluding hydrogens is 283 g/mol. The van der Waals surface area contributed by atoms with Crippen LogP contribution in [0.3, 0.4) is 0 Å². The minimum Gasteiger partial charge on any atom is -0.465 e. The highest BCUT2D eigenvalue weighted by atomic mass is 127. The minimum atomic E-state index is -0.470. The van der Waals surface area contributed by atoms with Gasteiger partial charge in [-0.2, -0.15) is 0 Å². The lowest BCUT2D eigenvalue weighted by Gasteiger charge is -2.06. The van der Waals surface area contributed by atoms with Crippen molar-refractivity contribution in [3.8, 4) is 0 Å². The maximum atomic E-state index is 11.2. The Hall–Kier alpha value is -0.980. The number of esters is 1. The van der Waals surface area contributed by atoms with Crippen LogP contribution in [-0.2, 0) is 4.74 Å². The molecule has 0 aliphatic heterocycles. The summed E-state index contributed by atoms with van der Waals surface area (Å²) in [5.74, 6) is -0.470. The fourth-order valence-corrected chi connectivity index (χ4v) is 1.56. The Labute approximate surface area is 89.4 Å². The molecule has 70 valence electrons. The zero-order chi connectivity index (χ0) is 10.0. The second kappa shape index (κ2) is 3.82. The molecule has 0 aliphatic rings. The van der Waals surface area contributed by atoms with Crippen LogP contribution in [0.5, 0.6) is 0 Å². The van der Waals surface area contributed by atoms with Crippen LogP contribution < -0.4 is 11.5 Å². The van der Waals surface area contributed by atoms with E-state index in [0.717, 1.165) is 3.57 Å². The van der Waals surface area contributed by atoms with Gasteiger partial charge in [-0.25, -0.2) is 4.79 Å². The predicted octanol–water partition coefficient (Wildman–Crippen LogP) is 1.24. The van der Waals surface area contributed by atoms with Crippen molar-refractivity contribution in [2.24, 2.45) is 0 Å². The molecule has 0 saturated heterocycles. The Kier molecular flexibility index (Phi) is 2.97. The van der Waals surface area contributed by atoms with Gasteiger partial charge >= 0.3 is 5.97 Å². The molecule has 1 aromatic carbocycles. The molecule has 0 bridgehead atoms. The highest BCUT2D eigenvalue weighted by Gasteiger charge is 2.12. The SMILES string of the molecule is COC(=O)c1cc(I)cc(N)c1N. The first-order valence-electron chi connectivity index (χ1n) is 3.49. The summed E-state index contributed by atoms with van der Waals surface area (Å²) in [5.41, 5.74) is 12.2. The van der Waals surface area contributed by atoms with Crippen LogP contribution in [0.4, 0.5) is 11.4 Å². The van der Waals surface area contributed by atoms with E-state index >= 15 is 0 Å². The lowest BCUT2D eigenvalue weighted by Crippen LogP contribution is -2.08. The van der Waals surface area contributed by atoms with E-state index in [4.69, 9.17) is 11.5 Å². The molecule has 1 aromatic rings. The van der Waals surface area contributed by atoms with E-state index in [0.29, 0.717) is 11.3 Å². The van der Waals surface area contributed by atoms with Crippen LogP contribution in [0.15, 0.2) is 12.1 Å². The van der Waals surface area contributed by atoms with Gasteiger partial charge in [0.1, 0.15) is 0 Å². The largest absolute Gasteiger partial charge is 0.465 e. The number of rotatable bonds is 1.